The zero-order valence-electron chi connectivity index (χ0n) is 18.4. The molecule has 2 atom stereocenters. The Balaban J connectivity index is 1.56. The van der Waals surface area contributed by atoms with Gasteiger partial charge in [0, 0.05) is 37.4 Å². The van der Waals surface area contributed by atoms with E-state index in [9.17, 15) is 9.59 Å². The van der Waals surface area contributed by atoms with Gasteiger partial charge in [0.05, 0.1) is 24.8 Å². The Morgan fingerprint density at radius 1 is 1.32 bits per heavy atom. The predicted octanol–water partition coefficient (Wildman–Crippen LogP) is 3.47. The van der Waals surface area contributed by atoms with Gasteiger partial charge in [-0.15, -0.1) is 11.3 Å². The quantitative estimate of drug-likeness (QED) is 0.711. The molecule has 1 aromatic heterocycles. The van der Waals surface area contributed by atoms with E-state index in [-0.39, 0.29) is 24.3 Å². The number of thiazole rings is 1. The number of hydrogen-bond donors (Lipinski definition) is 1. The summed E-state index contributed by atoms with van der Waals surface area (Å²) in [7, 11) is 3.72. The van der Waals surface area contributed by atoms with Crippen LogP contribution in [-0.4, -0.2) is 53.8 Å². The highest BCUT2D eigenvalue weighted by Crippen LogP contribution is 2.40. The van der Waals surface area contributed by atoms with Gasteiger partial charge in [-0.05, 0) is 31.2 Å². The highest BCUT2D eigenvalue weighted by Gasteiger charge is 2.44. The second-order valence-electron chi connectivity index (χ2n) is 8.34. The average molecular weight is 443 g/mol. The Morgan fingerprint density at radius 2 is 2.10 bits per heavy atom. The van der Waals surface area contributed by atoms with Gasteiger partial charge in [-0.1, -0.05) is 25.5 Å². The molecule has 0 saturated carbocycles. The highest BCUT2D eigenvalue weighted by atomic mass is 32.1. The van der Waals surface area contributed by atoms with Crippen molar-refractivity contribution < 1.29 is 14.3 Å². The Labute approximate surface area is 187 Å². The molecule has 2 aliphatic heterocycles. The fraction of sp³-hybridized carbons (Fsp3) is 0.522. The smallest absolute Gasteiger partial charge is 0.232 e. The van der Waals surface area contributed by atoms with E-state index >= 15 is 0 Å². The third kappa shape index (κ3) is 4.60. The standard InChI is InChI=1S/C23H30N4O3S/c1-4-5-11-27-20(28)13-17(21(27)15-6-8-16(30-3)9-7-15)22(29)25-23-24-18-10-12-26(2)14-19(18)31-23/h6-9,17,21H,4-5,10-14H2,1-3H3,(H,24,25,29)/t17-,21+/m0/s1. The van der Waals surface area contributed by atoms with Gasteiger partial charge in [-0.3, -0.25) is 9.59 Å². The summed E-state index contributed by atoms with van der Waals surface area (Å²) in [5.74, 6) is 0.218. The highest BCUT2D eigenvalue weighted by molar-refractivity contribution is 7.15. The van der Waals surface area contributed by atoms with Crippen molar-refractivity contribution in [2.24, 2.45) is 5.92 Å². The maximum absolute atomic E-state index is 13.3. The normalized spacial score (nSPS) is 21.3. The molecule has 31 heavy (non-hydrogen) atoms. The number of anilines is 1. The van der Waals surface area contributed by atoms with E-state index in [1.807, 2.05) is 29.2 Å². The number of benzene rings is 1. The summed E-state index contributed by atoms with van der Waals surface area (Å²) in [5.41, 5.74) is 2.04. The van der Waals surface area contributed by atoms with Crippen molar-refractivity contribution in [3.8, 4) is 5.75 Å². The molecular formula is C23H30N4O3S. The number of amides is 2. The SMILES string of the molecule is CCCCN1C(=O)C[C@H](C(=O)Nc2nc3c(s2)CN(C)CC3)[C@H]1c1ccc(OC)cc1. The first-order valence-electron chi connectivity index (χ1n) is 10.9. The zero-order valence-corrected chi connectivity index (χ0v) is 19.2. The van der Waals surface area contributed by atoms with Crippen LogP contribution in [0.3, 0.4) is 0 Å². The van der Waals surface area contributed by atoms with Gasteiger partial charge < -0.3 is 19.9 Å². The molecule has 2 aliphatic rings. The van der Waals surface area contributed by atoms with Gasteiger partial charge >= 0.3 is 0 Å². The average Bonchev–Trinajstić information content (AvgIpc) is 3.31. The number of nitrogens with zero attached hydrogens (tertiary/aromatic N) is 3. The van der Waals surface area contributed by atoms with E-state index < -0.39 is 5.92 Å². The second kappa shape index (κ2) is 9.36. The predicted molar refractivity (Wildman–Crippen MR) is 121 cm³/mol. The van der Waals surface area contributed by atoms with Crippen molar-refractivity contribution >= 4 is 28.3 Å². The Morgan fingerprint density at radius 3 is 2.81 bits per heavy atom. The lowest BCUT2D eigenvalue weighted by atomic mass is 9.92. The van der Waals surface area contributed by atoms with Crippen molar-refractivity contribution in [2.75, 3.05) is 32.6 Å². The van der Waals surface area contributed by atoms with Gasteiger partial charge in [0.2, 0.25) is 11.8 Å². The van der Waals surface area contributed by atoms with Gasteiger partial charge in [-0.25, -0.2) is 4.98 Å². The number of likely N-dealkylation sites (N-methyl/N-ethyl adjacent to an activating group) is 1. The molecule has 8 heteroatoms. The van der Waals surface area contributed by atoms with E-state index in [0.717, 1.165) is 49.4 Å². The van der Waals surface area contributed by atoms with E-state index in [4.69, 9.17) is 4.74 Å². The molecule has 0 radical (unpaired) electrons. The number of carbonyl (C=O) groups excluding carboxylic acids is 2. The Hall–Kier alpha value is -2.45. The number of hydrogen-bond acceptors (Lipinski definition) is 6. The number of methoxy groups -OCH3 is 1. The lowest BCUT2D eigenvalue weighted by molar-refractivity contribution is -0.129. The monoisotopic (exact) mass is 442 g/mol. The van der Waals surface area contributed by atoms with Crippen molar-refractivity contribution in [2.45, 2.75) is 45.2 Å². The van der Waals surface area contributed by atoms with Crippen molar-refractivity contribution in [1.29, 1.82) is 0 Å². The van der Waals surface area contributed by atoms with Crippen molar-refractivity contribution in [3.05, 3.63) is 40.4 Å². The fourth-order valence-corrected chi connectivity index (χ4v) is 5.50. The van der Waals surface area contributed by atoms with Gasteiger partial charge in [0.15, 0.2) is 5.13 Å². The molecule has 0 bridgehead atoms. The van der Waals surface area contributed by atoms with E-state index in [2.05, 4.69) is 29.2 Å². The summed E-state index contributed by atoms with van der Waals surface area (Å²) in [6.07, 6.45) is 3.04. The van der Waals surface area contributed by atoms with E-state index in [1.54, 1.807) is 18.4 Å². The zero-order chi connectivity index (χ0) is 22.0. The molecule has 7 nitrogen and oxygen atoms in total. The molecule has 4 rings (SSSR count). The number of likely N-dealkylation sites (tertiary alicyclic amines) is 1. The number of rotatable bonds is 7. The molecule has 0 aliphatic carbocycles. The molecule has 1 aromatic carbocycles. The lowest BCUT2D eigenvalue weighted by Crippen LogP contribution is -2.33. The number of fused-ring (bicyclic) bond motifs is 1. The maximum atomic E-state index is 13.3. The van der Waals surface area contributed by atoms with Gasteiger partial charge in [0.1, 0.15) is 5.75 Å². The van der Waals surface area contributed by atoms with Crippen molar-refractivity contribution in [1.82, 2.24) is 14.8 Å². The minimum absolute atomic E-state index is 0.0366. The van der Waals surface area contributed by atoms with E-state index in [0.29, 0.717) is 11.7 Å². The van der Waals surface area contributed by atoms with Crippen molar-refractivity contribution in [3.63, 3.8) is 0 Å². The van der Waals surface area contributed by atoms with Crippen LogP contribution in [0.2, 0.25) is 0 Å². The molecule has 0 unspecified atom stereocenters. The number of ether oxygens (including phenoxy) is 1. The van der Waals surface area contributed by atoms with E-state index in [1.165, 1.54) is 4.88 Å². The first-order chi connectivity index (χ1) is 15.0. The summed E-state index contributed by atoms with van der Waals surface area (Å²) >= 11 is 1.54. The largest absolute Gasteiger partial charge is 0.497 e. The second-order valence-corrected chi connectivity index (χ2v) is 9.42. The van der Waals surface area contributed by atoms with Crippen LogP contribution in [-0.2, 0) is 22.6 Å². The van der Waals surface area contributed by atoms with Gasteiger partial charge in [-0.2, -0.15) is 0 Å². The van der Waals surface area contributed by atoms with Crippen LogP contribution in [0.15, 0.2) is 24.3 Å². The minimum atomic E-state index is -0.443. The number of carbonyl (C=O) groups is 2. The Kier molecular flexibility index (Phi) is 6.57. The Bertz CT molecular complexity index is 943. The van der Waals surface area contributed by atoms with Crippen LogP contribution in [0.1, 0.15) is 48.4 Å². The maximum Gasteiger partial charge on any atom is 0.232 e. The van der Waals surface area contributed by atoms with Crippen LogP contribution in [0, 0.1) is 5.92 Å². The van der Waals surface area contributed by atoms with Crippen LogP contribution in [0.25, 0.3) is 0 Å². The summed E-state index contributed by atoms with van der Waals surface area (Å²) in [6.45, 7) is 4.61. The van der Waals surface area contributed by atoms with Crippen LogP contribution < -0.4 is 10.1 Å². The number of aromatic nitrogens is 1. The summed E-state index contributed by atoms with van der Waals surface area (Å²) in [6, 6.07) is 7.41. The molecular weight excluding hydrogens is 412 g/mol. The molecule has 1 fully saturated rings. The fourth-order valence-electron chi connectivity index (χ4n) is 4.41. The minimum Gasteiger partial charge on any atom is -0.497 e. The molecule has 3 heterocycles. The van der Waals surface area contributed by atoms with Crippen LogP contribution in [0.5, 0.6) is 5.75 Å². The first kappa shape index (κ1) is 21.8. The molecule has 166 valence electrons. The van der Waals surface area contributed by atoms with Gasteiger partial charge in [0.25, 0.3) is 0 Å². The molecule has 0 spiro atoms. The third-order valence-corrected chi connectivity index (χ3v) is 7.13. The molecule has 1 N–H and O–H groups in total. The molecule has 2 amide bonds. The third-order valence-electron chi connectivity index (χ3n) is 6.13. The number of nitrogens with one attached hydrogen (secondary N) is 1. The lowest BCUT2D eigenvalue weighted by Gasteiger charge is -2.28. The first-order valence-corrected chi connectivity index (χ1v) is 11.7. The molecule has 1 saturated heterocycles. The molecule has 2 aromatic rings. The summed E-state index contributed by atoms with van der Waals surface area (Å²) in [5, 5.41) is 3.66. The summed E-state index contributed by atoms with van der Waals surface area (Å²) in [4.78, 5) is 36.1. The van der Waals surface area contributed by atoms with Crippen LogP contribution >= 0.6 is 11.3 Å². The number of unbranched alkanes of at least 4 members (excludes halogenated alkanes) is 1. The topological polar surface area (TPSA) is 74.8 Å². The van der Waals surface area contributed by atoms with Crippen LogP contribution in [0.4, 0.5) is 5.13 Å². The summed E-state index contributed by atoms with van der Waals surface area (Å²) < 4.78 is 5.28.